The smallest absolute Gasteiger partial charge is 0.349 e. The number of benzene rings is 2. The van der Waals surface area contributed by atoms with Gasteiger partial charge in [-0.15, -0.1) is 0 Å². The molecule has 0 unspecified atom stereocenters. The fourth-order valence-corrected chi connectivity index (χ4v) is 3.67. The lowest BCUT2D eigenvalue weighted by atomic mass is 10.1. The molecular formula is C20H13NO4. The molecule has 122 valence electrons. The van der Waals surface area contributed by atoms with Gasteiger partial charge in [-0.05, 0) is 25.1 Å². The van der Waals surface area contributed by atoms with Gasteiger partial charge >= 0.3 is 11.3 Å². The Kier molecular flexibility index (Phi) is 2.71. The van der Waals surface area contributed by atoms with E-state index >= 15 is 0 Å². The lowest BCUT2D eigenvalue weighted by molar-refractivity contribution is 0.558. The van der Waals surface area contributed by atoms with E-state index in [9.17, 15) is 9.59 Å². The van der Waals surface area contributed by atoms with Gasteiger partial charge in [0.15, 0.2) is 5.58 Å². The molecule has 2 aromatic carbocycles. The van der Waals surface area contributed by atoms with Crippen LogP contribution in [-0.2, 0) is 6.54 Å². The molecule has 0 bridgehead atoms. The second-order valence-corrected chi connectivity index (χ2v) is 5.97. The molecule has 0 aliphatic carbocycles. The molecule has 5 rings (SSSR count). The van der Waals surface area contributed by atoms with Gasteiger partial charge in [0.2, 0.25) is 0 Å². The zero-order valence-electron chi connectivity index (χ0n) is 13.4. The van der Waals surface area contributed by atoms with Gasteiger partial charge in [-0.1, -0.05) is 30.3 Å². The maximum Gasteiger partial charge on any atom is 0.349 e. The largest absolute Gasteiger partial charge is 0.422 e. The Labute approximate surface area is 140 Å². The standard InChI is InChI=1S/C20H13NO4/c1-2-21-16-13-9-5-6-10-14(13)24-20(23)15(16)18-17(21)11-7-3-4-8-12(11)19(22)25-18/h3-10H,2H2,1H3. The Morgan fingerprint density at radius 3 is 2.24 bits per heavy atom. The van der Waals surface area contributed by atoms with Crippen molar-refractivity contribution in [2.24, 2.45) is 0 Å². The molecule has 0 fully saturated rings. The zero-order valence-corrected chi connectivity index (χ0v) is 13.4. The first-order valence-corrected chi connectivity index (χ1v) is 8.10. The Morgan fingerprint density at radius 1 is 0.800 bits per heavy atom. The molecule has 0 saturated heterocycles. The highest BCUT2D eigenvalue weighted by atomic mass is 16.4. The summed E-state index contributed by atoms with van der Waals surface area (Å²) in [7, 11) is 0. The van der Waals surface area contributed by atoms with Crippen LogP contribution in [0.5, 0.6) is 0 Å². The maximum absolute atomic E-state index is 12.6. The van der Waals surface area contributed by atoms with E-state index in [0.29, 0.717) is 28.5 Å². The molecule has 5 aromatic rings. The van der Waals surface area contributed by atoms with Crippen molar-refractivity contribution >= 4 is 43.7 Å². The SMILES string of the molecule is CCn1c2c3ccccc3c(=O)oc2c2c(=O)oc3ccccc3c21. The van der Waals surface area contributed by atoms with E-state index in [0.717, 1.165) is 21.8 Å². The Balaban J connectivity index is 2.24. The molecule has 3 aromatic heterocycles. The van der Waals surface area contributed by atoms with E-state index in [4.69, 9.17) is 8.83 Å². The molecule has 0 aliphatic rings. The normalized spacial score (nSPS) is 11.9. The minimum atomic E-state index is -0.496. The molecule has 0 saturated carbocycles. The van der Waals surface area contributed by atoms with E-state index < -0.39 is 11.3 Å². The van der Waals surface area contributed by atoms with Crippen molar-refractivity contribution in [2.45, 2.75) is 13.5 Å². The number of hydrogen-bond donors (Lipinski definition) is 0. The summed E-state index contributed by atoms with van der Waals surface area (Å²) in [5.41, 5.74) is 1.35. The topological polar surface area (TPSA) is 65.3 Å². The zero-order chi connectivity index (χ0) is 17.1. The quantitative estimate of drug-likeness (QED) is 0.435. The molecule has 0 aliphatic heterocycles. The monoisotopic (exact) mass is 331 g/mol. The van der Waals surface area contributed by atoms with Crippen LogP contribution in [-0.4, -0.2) is 4.57 Å². The van der Waals surface area contributed by atoms with Crippen LogP contribution in [0.1, 0.15) is 6.92 Å². The van der Waals surface area contributed by atoms with Crippen LogP contribution in [0, 0.1) is 0 Å². The van der Waals surface area contributed by atoms with Crippen LogP contribution in [0.4, 0.5) is 0 Å². The maximum atomic E-state index is 12.6. The third kappa shape index (κ3) is 1.72. The van der Waals surface area contributed by atoms with Gasteiger partial charge in [0.05, 0.1) is 16.4 Å². The Bertz CT molecular complexity index is 1420. The van der Waals surface area contributed by atoms with E-state index in [-0.39, 0.29) is 0 Å². The average Bonchev–Trinajstić information content (AvgIpc) is 2.97. The van der Waals surface area contributed by atoms with Crippen LogP contribution >= 0.6 is 0 Å². The van der Waals surface area contributed by atoms with Gasteiger partial charge < -0.3 is 13.4 Å². The number of nitrogens with zero attached hydrogens (tertiary/aromatic N) is 1. The Hall–Kier alpha value is -3.34. The van der Waals surface area contributed by atoms with E-state index in [1.807, 2.05) is 41.8 Å². The lowest BCUT2D eigenvalue weighted by Crippen LogP contribution is -2.01. The molecule has 0 amide bonds. The third-order valence-corrected chi connectivity index (χ3v) is 4.68. The lowest BCUT2D eigenvalue weighted by Gasteiger charge is -2.06. The second-order valence-electron chi connectivity index (χ2n) is 5.97. The number of rotatable bonds is 1. The summed E-state index contributed by atoms with van der Waals surface area (Å²) in [5.74, 6) is 0. The summed E-state index contributed by atoms with van der Waals surface area (Å²) in [4.78, 5) is 25.0. The number of fused-ring (bicyclic) bond motifs is 7. The second kappa shape index (κ2) is 4.83. The minimum absolute atomic E-state index is 0.292. The summed E-state index contributed by atoms with van der Waals surface area (Å²) in [6, 6.07) is 14.7. The Morgan fingerprint density at radius 2 is 1.48 bits per heavy atom. The summed E-state index contributed by atoms with van der Waals surface area (Å²) < 4.78 is 13.0. The van der Waals surface area contributed by atoms with Crippen LogP contribution in [0.2, 0.25) is 0 Å². The van der Waals surface area contributed by atoms with Crippen molar-refractivity contribution in [3.63, 3.8) is 0 Å². The fourth-order valence-electron chi connectivity index (χ4n) is 3.67. The number of hydrogen-bond acceptors (Lipinski definition) is 4. The molecule has 3 heterocycles. The van der Waals surface area contributed by atoms with Gasteiger partial charge in [0, 0.05) is 17.3 Å². The highest BCUT2D eigenvalue weighted by Crippen LogP contribution is 2.34. The van der Waals surface area contributed by atoms with E-state index in [1.165, 1.54) is 0 Å². The highest BCUT2D eigenvalue weighted by molar-refractivity contribution is 6.19. The predicted octanol–water partition coefficient (Wildman–Crippen LogP) is 4.03. The molecule has 5 heteroatoms. The van der Waals surface area contributed by atoms with Crippen molar-refractivity contribution in [3.8, 4) is 0 Å². The van der Waals surface area contributed by atoms with Crippen LogP contribution in [0.3, 0.4) is 0 Å². The fraction of sp³-hybridized carbons (Fsp3) is 0.100. The van der Waals surface area contributed by atoms with Crippen molar-refractivity contribution in [2.75, 3.05) is 0 Å². The molecule has 5 nitrogen and oxygen atoms in total. The van der Waals surface area contributed by atoms with Crippen LogP contribution in [0.15, 0.2) is 67.0 Å². The average molecular weight is 331 g/mol. The first-order valence-electron chi connectivity index (χ1n) is 8.10. The first-order chi connectivity index (χ1) is 12.2. The number of para-hydroxylation sites is 1. The number of aromatic nitrogens is 1. The van der Waals surface area contributed by atoms with Crippen molar-refractivity contribution in [1.29, 1.82) is 0 Å². The van der Waals surface area contributed by atoms with Crippen molar-refractivity contribution in [3.05, 3.63) is 69.4 Å². The summed E-state index contributed by atoms with van der Waals surface area (Å²) in [6.45, 7) is 2.63. The van der Waals surface area contributed by atoms with Gasteiger partial charge in [0.1, 0.15) is 11.0 Å². The number of aryl methyl sites for hydroxylation is 1. The third-order valence-electron chi connectivity index (χ3n) is 4.68. The van der Waals surface area contributed by atoms with E-state index in [2.05, 4.69) is 0 Å². The summed E-state index contributed by atoms with van der Waals surface area (Å²) >= 11 is 0. The summed E-state index contributed by atoms with van der Waals surface area (Å²) in [5, 5.41) is 2.41. The van der Waals surface area contributed by atoms with Crippen LogP contribution in [0.25, 0.3) is 43.7 Å². The molecular weight excluding hydrogens is 318 g/mol. The highest BCUT2D eigenvalue weighted by Gasteiger charge is 2.22. The molecule has 0 atom stereocenters. The van der Waals surface area contributed by atoms with E-state index in [1.54, 1.807) is 18.2 Å². The molecule has 0 spiro atoms. The predicted molar refractivity (Wildman–Crippen MR) is 97.2 cm³/mol. The first kappa shape index (κ1) is 14.0. The van der Waals surface area contributed by atoms with Crippen LogP contribution < -0.4 is 11.3 Å². The van der Waals surface area contributed by atoms with Gasteiger partial charge in [0.25, 0.3) is 0 Å². The van der Waals surface area contributed by atoms with Gasteiger partial charge in [-0.3, -0.25) is 0 Å². The van der Waals surface area contributed by atoms with Gasteiger partial charge in [-0.25, -0.2) is 9.59 Å². The molecule has 25 heavy (non-hydrogen) atoms. The van der Waals surface area contributed by atoms with Gasteiger partial charge in [-0.2, -0.15) is 0 Å². The van der Waals surface area contributed by atoms with Crippen molar-refractivity contribution in [1.82, 2.24) is 4.57 Å². The molecule has 0 N–H and O–H groups in total. The van der Waals surface area contributed by atoms with Crippen molar-refractivity contribution < 1.29 is 8.83 Å². The summed E-state index contributed by atoms with van der Waals surface area (Å²) in [6.07, 6.45) is 0. The molecule has 0 radical (unpaired) electrons. The minimum Gasteiger partial charge on any atom is -0.422 e.